The third-order valence-electron chi connectivity index (χ3n) is 3.37. The summed E-state index contributed by atoms with van der Waals surface area (Å²) in [4.78, 5) is 28.3. The summed E-state index contributed by atoms with van der Waals surface area (Å²) in [6, 6.07) is 6.88. The summed E-state index contributed by atoms with van der Waals surface area (Å²) in [6.07, 6.45) is -4.76. The van der Waals surface area contributed by atoms with Crippen LogP contribution in [0.3, 0.4) is 0 Å². The minimum absolute atomic E-state index is 0.00372. The largest absolute Gasteiger partial charge is 0.433 e. The Morgan fingerprint density at radius 1 is 1.17 bits per heavy atom. The molecule has 1 aromatic heterocycles. The maximum Gasteiger partial charge on any atom is 0.433 e. The third kappa shape index (κ3) is 2.94. The van der Waals surface area contributed by atoms with Gasteiger partial charge in [0, 0.05) is 11.1 Å². The van der Waals surface area contributed by atoms with Crippen LogP contribution in [0.1, 0.15) is 11.3 Å². The van der Waals surface area contributed by atoms with Crippen molar-refractivity contribution in [2.75, 3.05) is 4.90 Å². The number of halogens is 4. The number of alkyl halides is 3. The molecule has 0 saturated carbocycles. The Balaban J connectivity index is 2.02. The topological polar surface area (TPSA) is 55.2 Å². The van der Waals surface area contributed by atoms with Gasteiger partial charge in [-0.3, -0.25) is 19.1 Å². The number of amides is 1. The number of benzene rings is 1. The smallest absolute Gasteiger partial charge is 0.276 e. The predicted octanol–water partition coefficient (Wildman–Crippen LogP) is 2.46. The molecular formula is C14H9ClF3N3O2. The average Bonchev–Trinajstić information content (AvgIpc) is 2.78. The molecule has 0 bridgehead atoms. The van der Waals surface area contributed by atoms with Crippen LogP contribution in [0, 0.1) is 0 Å². The van der Waals surface area contributed by atoms with E-state index in [2.05, 4.69) is 4.98 Å². The molecule has 1 aliphatic rings. The van der Waals surface area contributed by atoms with Crippen LogP contribution in [0.4, 0.5) is 19.1 Å². The van der Waals surface area contributed by atoms with Gasteiger partial charge >= 0.3 is 6.18 Å². The molecule has 0 N–H and O–H groups in total. The van der Waals surface area contributed by atoms with Crippen LogP contribution in [-0.2, 0) is 24.1 Å². The van der Waals surface area contributed by atoms with Gasteiger partial charge in [-0.2, -0.15) is 13.2 Å². The summed E-state index contributed by atoms with van der Waals surface area (Å²) in [5.41, 5.74) is -1.57. The highest BCUT2D eigenvalue weighted by molar-refractivity contribution is 6.30. The molecule has 23 heavy (non-hydrogen) atoms. The van der Waals surface area contributed by atoms with Gasteiger partial charge in [0.25, 0.3) is 5.56 Å². The number of fused-ring (bicyclic) bond motifs is 1. The molecular weight excluding hydrogens is 335 g/mol. The van der Waals surface area contributed by atoms with Gasteiger partial charge in [-0.05, 0) is 17.7 Å². The lowest BCUT2D eigenvalue weighted by molar-refractivity contribution is -0.141. The number of hydrogen-bond acceptors (Lipinski definition) is 3. The van der Waals surface area contributed by atoms with E-state index in [0.717, 1.165) is 9.47 Å². The first kappa shape index (κ1) is 15.5. The molecule has 1 aliphatic heterocycles. The number of aromatic nitrogens is 2. The molecule has 0 atom stereocenters. The van der Waals surface area contributed by atoms with E-state index in [9.17, 15) is 22.8 Å². The van der Waals surface area contributed by atoms with Crippen LogP contribution >= 0.6 is 11.6 Å². The molecule has 0 unspecified atom stereocenters. The fraction of sp³-hybridized carbons (Fsp3) is 0.214. The first-order valence-electron chi connectivity index (χ1n) is 6.49. The Labute approximate surface area is 132 Å². The number of rotatable bonds is 2. The van der Waals surface area contributed by atoms with E-state index >= 15 is 0 Å². The van der Waals surface area contributed by atoms with Gasteiger partial charge < -0.3 is 0 Å². The minimum Gasteiger partial charge on any atom is -0.276 e. The molecule has 0 saturated heterocycles. The van der Waals surface area contributed by atoms with Gasteiger partial charge in [-0.25, -0.2) is 4.98 Å². The van der Waals surface area contributed by atoms with E-state index in [1.54, 1.807) is 24.3 Å². The van der Waals surface area contributed by atoms with Gasteiger partial charge in [0.05, 0.1) is 6.54 Å². The van der Waals surface area contributed by atoms with Gasteiger partial charge in [-0.1, -0.05) is 23.7 Å². The Hall–Kier alpha value is -2.35. The predicted molar refractivity (Wildman–Crippen MR) is 76.1 cm³/mol. The van der Waals surface area contributed by atoms with E-state index in [1.807, 2.05) is 0 Å². The molecule has 2 heterocycles. The maximum absolute atomic E-state index is 12.8. The van der Waals surface area contributed by atoms with Crippen molar-refractivity contribution >= 4 is 23.5 Å². The number of carbonyl (C=O) groups excluding carboxylic acids is 1. The zero-order chi connectivity index (χ0) is 16.8. The van der Waals surface area contributed by atoms with Crippen molar-refractivity contribution in [1.29, 1.82) is 0 Å². The van der Waals surface area contributed by atoms with Crippen LogP contribution in [0.2, 0.25) is 5.02 Å². The number of nitrogens with zero attached hydrogens (tertiary/aromatic N) is 3. The van der Waals surface area contributed by atoms with E-state index < -0.39 is 23.3 Å². The summed E-state index contributed by atoms with van der Waals surface area (Å²) < 4.78 is 39.3. The second-order valence-corrected chi connectivity index (χ2v) is 5.41. The Bertz CT molecular complexity index is 831. The summed E-state index contributed by atoms with van der Waals surface area (Å²) in [6.45, 7) is -0.323. The fourth-order valence-electron chi connectivity index (χ4n) is 2.26. The summed E-state index contributed by atoms with van der Waals surface area (Å²) in [7, 11) is 0. The molecule has 2 aromatic rings. The first-order valence-corrected chi connectivity index (χ1v) is 6.87. The maximum atomic E-state index is 12.8. The van der Waals surface area contributed by atoms with Gasteiger partial charge in [0.2, 0.25) is 11.9 Å². The highest BCUT2D eigenvalue weighted by Gasteiger charge is 2.37. The zero-order valence-electron chi connectivity index (χ0n) is 11.5. The van der Waals surface area contributed by atoms with Crippen molar-refractivity contribution in [3.63, 3.8) is 0 Å². The number of carbonyl (C=O) groups is 1. The van der Waals surface area contributed by atoms with Crippen LogP contribution < -0.4 is 10.5 Å². The highest BCUT2D eigenvalue weighted by Crippen LogP contribution is 2.29. The molecule has 1 amide bonds. The Kier molecular flexibility index (Phi) is 3.63. The molecule has 3 rings (SSSR count). The molecule has 0 spiro atoms. The van der Waals surface area contributed by atoms with E-state index in [4.69, 9.17) is 11.6 Å². The molecule has 0 fully saturated rings. The van der Waals surface area contributed by atoms with Crippen molar-refractivity contribution in [3.05, 3.63) is 57.0 Å². The second-order valence-electron chi connectivity index (χ2n) is 4.97. The molecule has 1 aromatic carbocycles. The molecule has 0 aliphatic carbocycles. The standard InChI is InChI=1S/C14H9ClF3N3O2/c15-9-3-1-8(2-4-9)6-20-12(23)7-21-11(22)5-10(14(16,17)18)19-13(20)21/h1-5H,6-7H2. The third-order valence-corrected chi connectivity index (χ3v) is 3.62. The van der Waals surface area contributed by atoms with Gasteiger partial charge in [0.15, 0.2) is 5.69 Å². The van der Waals surface area contributed by atoms with Crippen molar-refractivity contribution in [1.82, 2.24) is 9.55 Å². The number of anilines is 1. The van der Waals surface area contributed by atoms with Crippen LogP contribution in [0.25, 0.3) is 0 Å². The van der Waals surface area contributed by atoms with Crippen molar-refractivity contribution in [2.45, 2.75) is 19.3 Å². The minimum atomic E-state index is -4.76. The van der Waals surface area contributed by atoms with Crippen molar-refractivity contribution < 1.29 is 18.0 Å². The Morgan fingerprint density at radius 3 is 2.43 bits per heavy atom. The van der Waals surface area contributed by atoms with E-state index in [-0.39, 0.29) is 19.0 Å². The summed E-state index contributed by atoms with van der Waals surface area (Å²) >= 11 is 5.77. The normalized spacial score (nSPS) is 14.3. The molecule has 0 radical (unpaired) electrons. The second kappa shape index (κ2) is 5.38. The molecule has 9 heteroatoms. The first-order chi connectivity index (χ1) is 10.8. The average molecular weight is 344 g/mol. The molecule has 5 nitrogen and oxygen atoms in total. The Morgan fingerprint density at radius 2 is 1.83 bits per heavy atom. The number of hydrogen-bond donors (Lipinski definition) is 0. The SMILES string of the molecule is O=C1Cn2c(nc(C(F)(F)F)cc2=O)N1Cc1ccc(Cl)cc1. The lowest BCUT2D eigenvalue weighted by Crippen LogP contribution is -2.27. The van der Waals surface area contributed by atoms with Crippen molar-refractivity contribution in [2.24, 2.45) is 0 Å². The van der Waals surface area contributed by atoms with E-state index in [0.29, 0.717) is 16.7 Å². The quantitative estimate of drug-likeness (QED) is 0.841. The summed E-state index contributed by atoms with van der Waals surface area (Å²) in [5, 5.41) is 0.496. The lowest BCUT2D eigenvalue weighted by atomic mass is 10.2. The zero-order valence-corrected chi connectivity index (χ0v) is 12.2. The lowest BCUT2D eigenvalue weighted by Gasteiger charge is -2.16. The fourth-order valence-corrected chi connectivity index (χ4v) is 2.38. The monoisotopic (exact) mass is 343 g/mol. The van der Waals surface area contributed by atoms with Crippen LogP contribution in [-0.4, -0.2) is 15.5 Å². The van der Waals surface area contributed by atoms with Crippen molar-refractivity contribution in [3.8, 4) is 0 Å². The van der Waals surface area contributed by atoms with Crippen LogP contribution in [0.15, 0.2) is 35.1 Å². The highest BCUT2D eigenvalue weighted by atomic mass is 35.5. The van der Waals surface area contributed by atoms with Gasteiger partial charge in [-0.15, -0.1) is 0 Å². The van der Waals surface area contributed by atoms with Crippen LogP contribution in [0.5, 0.6) is 0 Å². The van der Waals surface area contributed by atoms with E-state index in [1.165, 1.54) is 0 Å². The van der Waals surface area contributed by atoms with Gasteiger partial charge in [0.1, 0.15) is 6.54 Å². The molecule has 120 valence electrons. The summed E-state index contributed by atoms with van der Waals surface area (Å²) in [5.74, 6) is -0.798.